The highest BCUT2D eigenvalue weighted by Crippen LogP contribution is 2.42. The molecule has 2 aromatic rings. The molecule has 0 aliphatic carbocycles. The van der Waals surface area contributed by atoms with Gasteiger partial charge >= 0.3 is 12.4 Å². The van der Waals surface area contributed by atoms with Gasteiger partial charge in [0.25, 0.3) is 0 Å². The second-order valence-electron chi connectivity index (χ2n) is 8.77. The number of anilines is 1. The Balaban J connectivity index is 1.53. The van der Waals surface area contributed by atoms with Crippen LogP contribution in [0.5, 0.6) is 5.75 Å². The Labute approximate surface area is 199 Å². The van der Waals surface area contributed by atoms with E-state index in [4.69, 9.17) is 14.2 Å². The average Bonchev–Trinajstić information content (AvgIpc) is 3.25. The number of halogens is 6. The summed E-state index contributed by atoms with van der Waals surface area (Å²) in [7, 11) is 0. The standard InChI is InChI=1S/C24H26F6N2O3/c1-3-17-13-18(8-9-32(17)21-7-5-16(14-31-21)24(28,29)30)35-20-6-4-15(23(25,26)27)12-19(20)22(2)33-10-11-34-22/h4-7,12,14,17-18H,3,8-11,13H2,1-2H3/t17-,18-/m0/s1. The molecule has 2 aliphatic heterocycles. The highest BCUT2D eigenvalue weighted by Gasteiger charge is 2.40. The van der Waals surface area contributed by atoms with Gasteiger partial charge in [0.2, 0.25) is 0 Å². The lowest BCUT2D eigenvalue weighted by Gasteiger charge is -2.40. The van der Waals surface area contributed by atoms with Crippen LogP contribution in [0.1, 0.15) is 49.8 Å². The van der Waals surface area contributed by atoms with Crippen molar-refractivity contribution in [3.05, 3.63) is 53.2 Å². The monoisotopic (exact) mass is 504 g/mol. The maximum absolute atomic E-state index is 13.4. The number of hydrogen-bond donors (Lipinski definition) is 0. The van der Waals surface area contributed by atoms with Gasteiger partial charge in [0.1, 0.15) is 17.7 Å². The quantitative estimate of drug-likeness (QED) is 0.456. The zero-order chi connectivity index (χ0) is 25.4. The largest absolute Gasteiger partial charge is 0.490 e. The maximum atomic E-state index is 13.4. The Bertz CT molecular complexity index is 1020. The van der Waals surface area contributed by atoms with Crippen molar-refractivity contribution in [3.8, 4) is 5.75 Å². The molecule has 2 atom stereocenters. The van der Waals surface area contributed by atoms with Gasteiger partial charge in [-0.05, 0) is 43.7 Å². The molecule has 1 aromatic heterocycles. The van der Waals surface area contributed by atoms with Crippen molar-refractivity contribution in [3.63, 3.8) is 0 Å². The minimum absolute atomic E-state index is 0.0644. The molecule has 3 heterocycles. The highest BCUT2D eigenvalue weighted by atomic mass is 19.4. The molecule has 192 valence electrons. The summed E-state index contributed by atoms with van der Waals surface area (Å²) >= 11 is 0. The van der Waals surface area contributed by atoms with Crippen molar-refractivity contribution in [2.24, 2.45) is 0 Å². The molecule has 11 heteroatoms. The Kier molecular flexibility index (Phi) is 6.93. The molecule has 0 bridgehead atoms. The minimum atomic E-state index is -4.53. The van der Waals surface area contributed by atoms with Crippen LogP contribution in [0, 0.1) is 0 Å². The van der Waals surface area contributed by atoms with Crippen LogP contribution in [0.2, 0.25) is 0 Å². The molecule has 0 N–H and O–H groups in total. The Morgan fingerprint density at radius 2 is 1.69 bits per heavy atom. The van der Waals surface area contributed by atoms with Crippen molar-refractivity contribution < 1.29 is 40.6 Å². The van der Waals surface area contributed by atoms with Gasteiger partial charge in [0.05, 0.1) is 29.9 Å². The normalized spacial score (nSPS) is 22.9. The van der Waals surface area contributed by atoms with E-state index in [9.17, 15) is 26.3 Å². The number of rotatable bonds is 5. The van der Waals surface area contributed by atoms with Crippen molar-refractivity contribution in [1.82, 2.24) is 4.98 Å². The Morgan fingerprint density at radius 1 is 1.03 bits per heavy atom. The first-order chi connectivity index (χ1) is 16.4. The van der Waals surface area contributed by atoms with E-state index in [1.807, 2.05) is 11.8 Å². The third kappa shape index (κ3) is 5.50. The van der Waals surface area contributed by atoms with E-state index in [1.165, 1.54) is 12.1 Å². The van der Waals surface area contributed by atoms with E-state index >= 15 is 0 Å². The van der Waals surface area contributed by atoms with Crippen molar-refractivity contribution in [1.29, 1.82) is 0 Å². The first-order valence-corrected chi connectivity index (χ1v) is 11.4. The van der Waals surface area contributed by atoms with Gasteiger partial charge < -0.3 is 19.1 Å². The SMILES string of the molecule is CC[C@H]1C[C@@H](Oc2ccc(C(F)(F)F)cc2C2(C)OCCO2)CCN1c1ccc(C(F)(F)F)cn1. The third-order valence-electron chi connectivity index (χ3n) is 6.44. The summed E-state index contributed by atoms with van der Waals surface area (Å²) in [5.74, 6) is -0.659. The molecule has 2 fully saturated rings. The molecule has 0 radical (unpaired) electrons. The van der Waals surface area contributed by atoms with Gasteiger partial charge in [0, 0.05) is 31.6 Å². The summed E-state index contributed by atoms with van der Waals surface area (Å²) < 4.78 is 96.1. The van der Waals surface area contributed by atoms with Crippen LogP contribution in [0.25, 0.3) is 0 Å². The van der Waals surface area contributed by atoms with E-state index in [-0.39, 0.29) is 36.7 Å². The first kappa shape index (κ1) is 25.6. The zero-order valence-corrected chi connectivity index (χ0v) is 19.2. The predicted octanol–water partition coefficient (Wildman–Crippen LogP) is 6.17. The molecule has 0 unspecified atom stereocenters. The van der Waals surface area contributed by atoms with Crippen LogP contribution in [-0.4, -0.2) is 36.9 Å². The van der Waals surface area contributed by atoms with Crippen molar-refractivity contribution >= 4 is 5.82 Å². The molecule has 0 spiro atoms. The predicted molar refractivity (Wildman–Crippen MR) is 115 cm³/mol. The highest BCUT2D eigenvalue weighted by molar-refractivity contribution is 5.43. The minimum Gasteiger partial charge on any atom is -0.490 e. The Morgan fingerprint density at radius 3 is 2.26 bits per heavy atom. The van der Waals surface area contributed by atoms with Crippen LogP contribution >= 0.6 is 0 Å². The second kappa shape index (κ2) is 9.50. The maximum Gasteiger partial charge on any atom is 0.417 e. The molecule has 0 amide bonds. The molecule has 0 saturated carbocycles. The Hall–Kier alpha value is -2.53. The number of pyridine rings is 1. The fraction of sp³-hybridized carbons (Fsp3) is 0.542. The van der Waals surface area contributed by atoms with Crippen LogP contribution in [-0.2, 0) is 27.6 Å². The van der Waals surface area contributed by atoms with Crippen molar-refractivity contribution in [2.75, 3.05) is 24.7 Å². The molecule has 5 nitrogen and oxygen atoms in total. The number of nitrogens with zero attached hydrogens (tertiary/aromatic N) is 2. The summed E-state index contributed by atoms with van der Waals surface area (Å²) in [4.78, 5) is 5.95. The second-order valence-corrected chi connectivity index (χ2v) is 8.77. The van der Waals surface area contributed by atoms with Crippen molar-refractivity contribution in [2.45, 2.75) is 63.4 Å². The number of benzene rings is 1. The number of aromatic nitrogens is 1. The van der Waals surface area contributed by atoms with Crippen LogP contribution in [0.4, 0.5) is 32.2 Å². The number of hydrogen-bond acceptors (Lipinski definition) is 5. The smallest absolute Gasteiger partial charge is 0.417 e. The first-order valence-electron chi connectivity index (χ1n) is 11.4. The van der Waals surface area contributed by atoms with Gasteiger partial charge in [-0.3, -0.25) is 0 Å². The average molecular weight is 504 g/mol. The number of alkyl halides is 6. The fourth-order valence-corrected chi connectivity index (χ4v) is 4.55. The molecular weight excluding hydrogens is 478 g/mol. The molecule has 2 aliphatic rings. The summed E-state index contributed by atoms with van der Waals surface area (Å²) in [6, 6.07) is 5.56. The molecule has 35 heavy (non-hydrogen) atoms. The van der Waals surface area contributed by atoms with Crippen LogP contribution < -0.4 is 9.64 Å². The van der Waals surface area contributed by atoms with E-state index < -0.39 is 29.3 Å². The van der Waals surface area contributed by atoms with Gasteiger partial charge in [0.15, 0.2) is 5.79 Å². The lowest BCUT2D eigenvalue weighted by molar-refractivity contribution is -0.153. The fourth-order valence-electron chi connectivity index (χ4n) is 4.55. The van der Waals surface area contributed by atoms with Gasteiger partial charge in [-0.15, -0.1) is 0 Å². The van der Waals surface area contributed by atoms with E-state index in [0.29, 0.717) is 31.6 Å². The number of ether oxygens (including phenoxy) is 3. The zero-order valence-electron chi connectivity index (χ0n) is 19.2. The summed E-state index contributed by atoms with van der Waals surface area (Å²) in [6.45, 7) is 4.50. The summed E-state index contributed by atoms with van der Waals surface area (Å²) in [6.07, 6.45) is -6.76. The lowest BCUT2D eigenvalue weighted by atomic mass is 9.96. The number of piperidine rings is 1. The van der Waals surface area contributed by atoms with Gasteiger partial charge in [-0.2, -0.15) is 26.3 Å². The van der Waals surface area contributed by atoms with Crippen LogP contribution in [0.3, 0.4) is 0 Å². The summed E-state index contributed by atoms with van der Waals surface area (Å²) in [5, 5.41) is 0. The van der Waals surface area contributed by atoms with Gasteiger partial charge in [-0.25, -0.2) is 4.98 Å². The molecule has 2 saturated heterocycles. The molecule has 1 aromatic carbocycles. The van der Waals surface area contributed by atoms with Gasteiger partial charge in [-0.1, -0.05) is 6.92 Å². The van der Waals surface area contributed by atoms with E-state index in [0.717, 1.165) is 24.4 Å². The summed E-state index contributed by atoms with van der Waals surface area (Å²) in [5.41, 5.74) is -1.47. The van der Waals surface area contributed by atoms with E-state index in [2.05, 4.69) is 4.98 Å². The topological polar surface area (TPSA) is 43.8 Å². The van der Waals surface area contributed by atoms with Crippen LogP contribution in [0.15, 0.2) is 36.5 Å². The van der Waals surface area contributed by atoms with E-state index in [1.54, 1.807) is 6.92 Å². The lowest BCUT2D eigenvalue weighted by Crippen LogP contribution is -2.46. The third-order valence-corrected chi connectivity index (χ3v) is 6.44. The molecule has 4 rings (SSSR count). The molecular formula is C24H26F6N2O3.